The van der Waals surface area contributed by atoms with Gasteiger partial charge in [-0.25, -0.2) is 4.79 Å². The Hall–Kier alpha value is -0.910. The van der Waals surface area contributed by atoms with Crippen LogP contribution >= 0.6 is 35.0 Å². The van der Waals surface area contributed by atoms with Gasteiger partial charge < -0.3 is 5.32 Å². The van der Waals surface area contributed by atoms with Crippen LogP contribution in [0.15, 0.2) is 28.3 Å². The van der Waals surface area contributed by atoms with Crippen LogP contribution in [0.25, 0.3) is 0 Å². The van der Waals surface area contributed by atoms with Gasteiger partial charge in [0.05, 0.1) is 11.2 Å². The van der Waals surface area contributed by atoms with Crippen LogP contribution in [0, 0.1) is 0 Å². The van der Waals surface area contributed by atoms with Gasteiger partial charge in [0.15, 0.2) is 0 Å². The molecule has 4 nitrogen and oxygen atoms in total. The Morgan fingerprint density at radius 2 is 2.28 bits per heavy atom. The van der Waals surface area contributed by atoms with E-state index in [1.807, 2.05) is 13.0 Å². The van der Waals surface area contributed by atoms with Gasteiger partial charge in [-0.3, -0.25) is 4.84 Å². The van der Waals surface area contributed by atoms with Gasteiger partial charge in [0, 0.05) is 22.2 Å². The molecule has 1 amide bonds. The summed E-state index contributed by atoms with van der Waals surface area (Å²) in [4.78, 5) is 16.1. The highest BCUT2D eigenvalue weighted by molar-refractivity contribution is 8.00. The number of nitrogens with zero attached hydrogens (tertiary/aromatic N) is 1. The molecule has 0 radical (unpaired) electrons. The van der Waals surface area contributed by atoms with E-state index in [4.69, 9.17) is 23.2 Å². The number of carbonyl (C=O) groups excluding carboxylic acids is 1. The lowest BCUT2D eigenvalue weighted by Crippen LogP contribution is -2.17. The number of amides is 1. The van der Waals surface area contributed by atoms with Crippen LogP contribution in [0.5, 0.6) is 0 Å². The summed E-state index contributed by atoms with van der Waals surface area (Å²) in [5.74, 6) is 0. The summed E-state index contributed by atoms with van der Waals surface area (Å²) >= 11 is 13.3. The molecule has 18 heavy (non-hydrogen) atoms. The number of rotatable bonds is 4. The summed E-state index contributed by atoms with van der Waals surface area (Å²) in [5.41, 5.74) is 0. The highest BCUT2D eigenvalue weighted by Gasteiger charge is 2.06. The monoisotopic (exact) mass is 306 g/mol. The third-order valence-electron chi connectivity index (χ3n) is 1.82. The number of oxime groups is 1. The van der Waals surface area contributed by atoms with Gasteiger partial charge in [-0.2, -0.15) is 0 Å². The molecule has 0 aliphatic rings. The average Bonchev–Trinajstić information content (AvgIpc) is 2.32. The summed E-state index contributed by atoms with van der Waals surface area (Å²) in [6.07, 6.45) is 0.915. The maximum Gasteiger partial charge on any atom is 0.433 e. The SMILES string of the molecule is CNC(=O)ON=CC(C)Sc1ccc(Cl)cc1Cl. The zero-order chi connectivity index (χ0) is 13.5. The lowest BCUT2D eigenvalue weighted by atomic mass is 10.4. The number of halogens is 2. The third-order valence-corrected chi connectivity index (χ3v) is 3.58. The molecule has 0 heterocycles. The van der Waals surface area contributed by atoms with Crippen molar-refractivity contribution in [3.05, 3.63) is 28.2 Å². The van der Waals surface area contributed by atoms with E-state index < -0.39 is 6.09 Å². The predicted octanol–water partition coefficient (Wildman–Crippen LogP) is 3.82. The minimum absolute atomic E-state index is 0.00771. The molecule has 1 aromatic carbocycles. The van der Waals surface area contributed by atoms with Gasteiger partial charge in [0.25, 0.3) is 0 Å². The molecule has 0 bridgehead atoms. The Morgan fingerprint density at radius 3 is 2.89 bits per heavy atom. The van der Waals surface area contributed by atoms with Crippen LogP contribution in [0.1, 0.15) is 6.92 Å². The normalized spacial score (nSPS) is 12.4. The molecule has 0 fully saturated rings. The number of thioether (sulfide) groups is 1. The first-order chi connectivity index (χ1) is 8.52. The number of nitrogens with one attached hydrogen (secondary N) is 1. The first-order valence-electron chi connectivity index (χ1n) is 5.07. The van der Waals surface area contributed by atoms with E-state index in [1.54, 1.807) is 12.1 Å². The lowest BCUT2D eigenvalue weighted by Gasteiger charge is -2.07. The van der Waals surface area contributed by atoms with Gasteiger partial charge >= 0.3 is 6.09 Å². The molecule has 0 aliphatic carbocycles. The van der Waals surface area contributed by atoms with Crippen LogP contribution in [0.2, 0.25) is 10.0 Å². The van der Waals surface area contributed by atoms with Crippen LogP contribution in [0.4, 0.5) is 4.79 Å². The minimum atomic E-state index is -0.604. The molecule has 1 unspecified atom stereocenters. The molecule has 1 N–H and O–H groups in total. The fraction of sp³-hybridized carbons (Fsp3) is 0.273. The van der Waals surface area contributed by atoms with Crippen molar-refractivity contribution >= 4 is 47.3 Å². The van der Waals surface area contributed by atoms with E-state index in [0.29, 0.717) is 10.0 Å². The molecule has 1 atom stereocenters. The maximum absolute atomic E-state index is 10.8. The molecule has 0 spiro atoms. The van der Waals surface area contributed by atoms with Gasteiger partial charge in [0.1, 0.15) is 0 Å². The number of benzene rings is 1. The first-order valence-corrected chi connectivity index (χ1v) is 6.70. The molecule has 0 saturated carbocycles. The number of hydrogen-bond acceptors (Lipinski definition) is 4. The molecule has 98 valence electrons. The molecular formula is C11H12Cl2N2O2S. The van der Waals surface area contributed by atoms with Gasteiger partial charge in [-0.1, -0.05) is 28.4 Å². The van der Waals surface area contributed by atoms with E-state index >= 15 is 0 Å². The summed E-state index contributed by atoms with van der Waals surface area (Å²) in [6.45, 7) is 1.91. The van der Waals surface area contributed by atoms with Crippen molar-refractivity contribution in [3.63, 3.8) is 0 Å². The van der Waals surface area contributed by atoms with Crippen molar-refractivity contribution in [1.82, 2.24) is 5.32 Å². The van der Waals surface area contributed by atoms with E-state index in [0.717, 1.165) is 4.90 Å². The van der Waals surface area contributed by atoms with Crippen LogP contribution in [-0.4, -0.2) is 24.6 Å². The van der Waals surface area contributed by atoms with E-state index in [1.165, 1.54) is 25.0 Å². The molecule has 0 aliphatic heterocycles. The zero-order valence-electron chi connectivity index (χ0n) is 9.81. The highest BCUT2D eigenvalue weighted by atomic mass is 35.5. The lowest BCUT2D eigenvalue weighted by molar-refractivity contribution is 0.153. The van der Waals surface area contributed by atoms with Gasteiger partial charge in [-0.15, -0.1) is 11.8 Å². The second-order valence-electron chi connectivity index (χ2n) is 3.28. The fourth-order valence-electron chi connectivity index (χ4n) is 1.01. The fourth-order valence-corrected chi connectivity index (χ4v) is 2.38. The third kappa shape index (κ3) is 5.16. The first kappa shape index (κ1) is 15.1. The van der Waals surface area contributed by atoms with Gasteiger partial charge in [-0.05, 0) is 25.1 Å². The molecule has 0 saturated heterocycles. The largest absolute Gasteiger partial charge is 0.433 e. The van der Waals surface area contributed by atoms with Crippen molar-refractivity contribution in [2.45, 2.75) is 17.1 Å². The maximum atomic E-state index is 10.8. The minimum Gasteiger partial charge on any atom is -0.323 e. The Kier molecular flexibility index (Phi) is 6.32. The number of carbonyl (C=O) groups is 1. The zero-order valence-corrected chi connectivity index (χ0v) is 12.1. The van der Waals surface area contributed by atoms with Crippen molar-refractivity contribution < 1.29 is 9.63 Å². The second kappa shape index (κ2) is 7.51. The Morgan fingerprint density at radius 1 is 1.56 bits per heavy atom. The van der Waals surface area contributed by atoms with E-state index in [-0.39, 0.29) is 5.25 Å². The Labute approximate surface area is 120 Å². The summed E-state index contributed by atoms with van der Waals surface area (Å²) in [6, 6.07) is 5.27. The van der Waals surface area contributed by atoms with Crippen molar-refractivity contribution in [3.8, 4) is 0 Å². The van der Waals surface area contributed by atoms with E-state index in [2.05, 4.69) is 15.3 Å². The Balaban J connectivity index is 2.54. The second-order valence-corrected chi connectivity index (χ2v) is 5.54. The quantitative estimate of drug-likeness (QED) is 0.398. The van der Waals surface area contributed by atoms with Crippen LogP contribution in [-0.2, 0) is 4.84 Å². The van der Waals surface area contributed by atoms with Crippen LogP contribution in [0.3, 0.4) is 0 Å². The smallest absolute Gasteiger partial charge is 0.323 e. The predicted molar refractivity (Wildman–Crippen MR) is 75.8 cm³/mol. The molecule has 7 heteroatoms. The van der Waals surface area contributed by atoms with Crippen molar-refractivity contribution in [2.75, 3.05) is 7.05 Å². The summed E-state index contributed by atoms with van der Waals surface area (Å²) < 4.78 is 0. The molecule has 1 rings (SSSR count). The summed E-state index contributed by atoms with van der Waals surface area (Å²) in [5, 5.41) is 7.03. The van der Waals surface area contributed by atoms with Crippen molar-refractivity contribution in [2.24, 2.45) is 5.16 Å². The number of hydrogen-bond donors (Lipinski definition) is 1. The topological polar surface area (TPSA) is 50.7 Å². The molecule has 0 aromatic heterocycles. The molecule has 1 aromatic rings. The Bertz CT molecular complexity index is 455. The van der Waals surface area contributed by atoms with Crippen LogP contribution < -0.4 is 5.32 Å². The highest BCUT2D eigenvalue weighted by Crippen LogP contribution is 2.31. The standard InChI is InChI=1S/C11H12Cl2N2O2S/c1-7(6-15-17-11(16)14-2)18-10-4-3-8(12)5-9(10)13/h3-7H,1-2H3,(H,14,16). The average molecular weight is 307 g/mol. The summed E-state index contributed by atoms with van der Waals surface area (Å²) in [7, 11) is 1.46. The van der Waals surface area contributed by atoms with Crippen molar-refractivity contribution in [1.29, 1.82) is 0 Å². The molecular weight excluding hydrogens is 295 g/mol. The van der Waals surface area contributed by atoms with E-state index in [9.17, 15) is 4.79 Å². The van der Waals surface area contributed by atoms with Gasteiger partial charge in [0.2, 0.25) is 0 Å².